The van der Waals surface area contributed by atoms with Crippen LogP contribution in [0.15, 0.2) is 0 Å². The molecule has 0 spiro atoms. The summed E-state index contributed by atoms with van der Waals surface area (Å²) in [5.74, 6) is 0.552. The van der Waals surface area contributed by atoms with Crippen molar-refractivity contribution in [3.8, 4) is 0 Å². The van der Waals surface area contributed by atoms with Gasteiger partial charge in [-0.2, -0.15) is 0 Å². The van der Waals surface area contributed by atoms with Crippen LogP contribution in [0.2, 0.25) is 0 Å². The van der Waals surface area contributed by atoms with Gasteiger partial charge in [-0.3, -0.25) is 4.79 Å². The lowest BCUT2D eigenvalue weighted by atomic mass is 9.87. The molecule has 0 heterocycles. The number of hydrogen-bond donors (Lipinski definition) is 0. The Balaban J connectivity index is 4.15. The molecule has 0 aromatic heterocycles. The molecular weight excluding hydrogens is 176 g/mol. The molecule has 0 saturated carbocycles. The van der Waals surface area contributed by atoms with E-state index in [1.807, 2.05) is 6.92 Å². The molecule has 0 aromatic rings. The molecule has 0 aliphatic rings. The first kappa shape index (κ1) is 13.5. The molecule has 0 aromatic carbocycles. The smallest absolute Gasteiger partial charge is 0.309 e. The van der Waals surface area contributed by atoms with Gasteiger partial charge in [-0.25, -0.2) is 0 Å². The van der Waals surface area contributed by atoms with Gasteiger partial charge < -0.3 is 4.74 Å². The Morgan fingerprint density at radius 3 is 2.36 bits per heavy atom. The summed E-state index contributed by atoms with van der Waals surface area (Å²) in [6.07, 6.45) is 4.29. The second-order valence-electron chi connectivity index (χ2n) is 3.89. The summed E-state index contributed by atoms with van der Waals surface area (Å²) in [5.41, 5.74) is 0. The van der Waals surface area contributed by atoms with Crippen LogP contribution in [-0.2, 0) is 9.53 Å². The number of carbonyl (C=O) groups is 1. The highest BCUT2D eigenvalue weighted by Gasteiger charge is 2.24. The first-order chi connectivity index (χ1) is 6.67. The normalized spacial score (nSPS) is 14.9. The van der Waals surface area contributed by atoms with Gasteiger partial charge in [0.05, 0.1) is 12.5 Å². The van der Waals surface area contributed by atoms with E-state index in [1.54, 1.807) is 0 Å². The maximum absolute atomic E-state index is 11.6. The van der Waals surface area contributed by atoms with Crippen molar-refractivity contribution in [2.24, 2.45) is 11.8 Å². The number of ether oxygens (including phenoxy) is 1. The van der Waals surface area contributed by atoms with Gasteiger partial charge in [0.1, 0.15) is 0 Å². The third kappa shape index (κ3) is 4.64. The van der Waals surface area contributed by atoms with E-state index in [-0.39, 0.29) is 11.9 Å². The number of hydrogen-bond acceptors (Lipinski definition) is 2. The summed E-state index contributed by atoms with van der Waals surface area (Å²) in [6, 6.07) is 0. The number of rotatable bonds is 7. The van der Waals surface area contributed by atoms with Crippen molar-refractivity contribution in [3.63, 3.8) is 0 Å². The van der Waals surface area contributed by atoms with E-state index >= 15 is 0 Å². The molecule has 0 fully saturated rings. The Hall–Kier alpha value is -0.530. The molecule has 84 valence electrons. The topological polar surface area (TPSA) is 26.3 Å². The summed E-state index contributed by atoms with van der Waals surface area (Å²) < 4.78 is 5.09. The van der Waals surface area contributed by atoms with Gasteiger partial charge in [-0.15, -0.1) is 0 Å². The average molecular weight is 200 g/mol. The van der Waals surface area contributed by atoms with Crippen LogP contribution in [0, 0.1) is 11.8 Å². The van der Waals surface area contributed by atoms with Gasteiger partial charge in [-0.05, 0) is 19.3 Å². The van der Waals surface area contributed by atoms with Crippen molar-refractivity contribution in [1.82, 2.24) is 0 Å². The summed E-state index contributed by atoms with van der Waals surface area (Å²) >= 11 is 0. The zero-order valence-corrected chi connectivity index (χ0v) is 10.0. The molecule has 0 aliphatic heterocycles. The van der Waals surface area contributed by atoms with E-state index in [0.29, 0.717) is 12.5 Å². The summed E-state index contributed by atoms with van der Waals surface area (Å²) in [6.45, 7) is 8.78. The van der Waals surface area contributed by atoms with Crippen LogP contribution in [0.3, 0.4) is 0 Å². The summed E-state index contributed by atoms with van der Waals surface area (Å²) in [7, 11) is 0. The predicted molar refractivity (Wildman–Crippen MR) is 59.1 cm³/mol. The number of carbonyl (C=O) groups excluding carboxylic acids is 1. The fourth-order valence-electron chi connectivity index (χ4n) is 1.59. The molecule has 0 rings (SSSR count). The predicted octanol–water partition coefficient (Wildman–Crippen LogP) is 3.40. The Morgan fingerprint density at radius 1 is 1.29 bits per heavy atom. The molecular formula is C12H24O2. The molecule has 2 atom stereocenters. The fraction of sp³-hybridized carbons (Fsp3) is 0.917. The fourth-order valence-corrected chi connectivity index (χ4v) is 1.59. The molecule has 0 amide bonds. The number of unbranched alkanes of at least 4 members (excludes halogenated alkanes) is 1. The van der Waals surface area contributed by atoms with Crippen LogP contribution < -0.4 is 0 Å². The monoisotopic (exact) mass is 200 g/mol. The molecule has 0 saturated heterocycles. The van der Waals surface area contributed by atoms with Gasteiger partial charge in [0, 0.05) is 0 Å². The quantitative estimate of drug-likeness (QED) is 0.589. The third-order valence-corrected chi connectivity index (χ3v) is 2.79. The molecule has 0 aliphatic carbocycles. The Kier molecular flexibility index (Phi) is 7.54. The highest BCUT2D eigenvalue weighted by Crippen LogP contribution is 2.22. The van der Waals surface area contributed by atoms with Crippen molar-refractivity contribution < 1.29 is 9.53 Å². The standard InChI is InChI=1S/C12H24O2/c1-5-8-9-11(10(4)6-2)12(13)14-7-3/h10-11H,5-9H2,1-4H3. The second kappa shape index (κ2) is 7.84. The van der Waals surface area contributed by atoms with Crippen LogP contribution in [0.1, 0.15) is 53.4 Å². The maximum Gasteiger partial charge on any atom is 0.309 e. The minimum Gasteiger partial charge on any atom is -0.466 e. The van der Waals surface area contributed by atoms with Gasteiger partial charge >= 0.3 is 5.97 Å². The van der Waals surface area contributed by atoms with E-state index in [1.165, 1.54) is 0 Å². The lowest BCUT2D eigenvalue weighted by Gasteiger charge is -2.20. The molecule has 0 radical (unpaired) electrons. The molecule has 2 unspecified atom stereocenters. The van der Waals surface area contributed by atoms with Gasteiger partial charge in [0.2, 0.25) is 0 Å². The Morgan fingerprint density at radius 2 is 1.93 bits per heavy atom. The minimum atomic E-state index is -0.00435. The molecule has 0 bridgehead atoms. The number of esters is 1. The van der Waals surface area contributed by atoms with Gasteiger partial charge in [0.25, 0.3) is 0 Å². The van der Waals surface area contributed by atoms with Crippen molar-refractivity contribution in [2.75, 3.05) is 6.61 Å². The van der Waals surface area contributed by atoms with Crippen molar-refractivity contribution in [2.45, 2.75) is 53.4 Å². The van der Waals surface area contributed by atoms with Crippen molar-refractivity contribution >= 4 is 5.97 Å². The van der Waals surface area contributed by atoms with E-state index in [0.717, 1.165) is 25.7 Å². The second-order valence-corrected chi connectivity index (χ2v) is 3.89. The van der Waals surface area contributed by atoms with E-state index in [2.05, 4.69) is 20.8 Å². The highest BCUT2D eigenvalue weighted by atomic mass is 16.5. The van der Waals surface area contributed by atoms with Crippen molar-refractivity contribution in [3.05, 3.63) is 0 Å². The maximum atomic E-state index is 11.6. The van der Waals surface area contributed by atoms with Crippen molar-refractivity contribution in [1.29, 1.82) is 0 Å². The molecule has 2 nitrogen and oxygen atoms in total. The van der Waals surface area contributed by atoms with Crippen LogP contribution in [0.25, 0.3) is 0 Å². The van der Waals surface area contributed by atoms with Gasteiger partial charge in [0.15, 0.2) is 0 Å². The Labute approximate surface area is 88.0 Å². The summed E-state index contributed by atoms with van der Waals surface area (Å²) in [4.78, 5) is 11.6. The average Bonchev–Trinajstić information content (AvgIpc) is 2.18. The first-order valence-electron chi connectivity index (χ1n) is 5.83. The van der Waals surface area contributed by atoms with E-state index in [4.69, 9.17) is 4.74 Å². The molecule has 14 heavy (non-hydrogen) atoms. The zero-order valence-electron chi connectivity index (χ0n) is 10.0. The zero-order chi connectivity index (χ0) is 11.0. The molecule has 2 heteroatoms. The lowest BCUT2D eigenvalue weighted by Crippen LogP contribution is -2.24. The summed E-state index contributed by atoms with van der Waals surface area (Å²) in [5, 5.41) is 0. The lowest BCUT2D eigenvalue weighted by molar-refractivity contribution is -0.150. The Bertz CT molecular complexity index is 154. The van der Waals surface area contributed by atoms with Crippen LogP contribution in [-0.4, -0.2) is 12.6 Å². The third-order valence-electron chi connectivity index (χ3n) is 2.79. The highest BCUT2D eigenvalue weighted by molar-refractivity contribution is 5.72. The SMILES string of the molecule is CCCCC(C(=O)OCC)C(C)CC. The van der Waals surface area contributed by atoms with Crippen LogP contribution in [0.5, 0.6) is 0 Å². The van der Waals surface area contributed by atoms with Crippen LogP contribution >= 0.6 is 0 Å². The first-order valence-corrected chi connectivity index (χ1v) is 5.83. The van der Waals surface area contributed by atoms with Crippen LogP contribution in [0.4, 0.5) is 0 Å². The minimum absolute atomic E-state index is 0.00435. The van der Waals surface area contributed by atoms with E-state index < -0.39 is 0 Å². The largest absolute Gasteiger partial charge is 0.466 e. The van der Waals surface area contributed by atoms with Gasteiger partial charge in [-0.1, -0.05) is 40.0 Å². The van der Waals surface area contributed by atoms with E-state index in [9.17, 15) is 4.79 Å². The molecule has 0 N–H and O–H groups in total.